The predicted octanol–water partition coefficient (Wildman–Crippen LogP) is 3.43. The molecule has 1 heterocycles. The number of nitrogens with zero attached hydrogens (tertiary/aromatic N) is 2. The number of non-ortho nitro benzene ring substituents is 1. The number of ether oxygens (including phenoxy) is 2. The number of esters is 1. The number of carbonyl (C=O) groups is 2. The first-order chi connectivity index (χ1) is 13.9. The van der Waals surface area contributed by atoms with Crippen molar-refractivity contribution in [2.75, 3.05) is 24.7 Å². The van der Waals surface area contributed by atoms with E-state index < -0.39 is 17.5 Å². The molecule has 0 saturated carbocycles. The minimum atomic E-state index is -0.692. The topological polar surface area (TPSA) is 99.0 Å². The lowest BCUT2D eigenvalue weighted by Crippen LogP contribution is -2.36. The van der Waals surface area contributed by atoms with Crippen LogP contribution in [0.1, 0.15) is 13.3 Å². The van der Waals surface area contributed by atoms with E-state index in [0.717, 1.165) is 17.0 Å². The summed E-state index contributed by atoms with van der Waals surface area (Å²) in [6, 6.07) is 13.0. The highest BCUT2D eigenvalue weighted by Crippen LogP contribution is 2.37. The largest absolute Gasteiger partial charge is 0.482 e. The molecular weight excluding hydrogens is 396 g/mol. The van der Waals surface area contributed by atoms with Gasteiger partial charge in [-0.3, -0.25) is 14.9 Å². The summed E-state index contributed by atoms with van der Waals surface area (Å²) in [6.45, 7) is 1.90. The van der Waals surface area contributed by atoms with Crippen molar-refractivity contribution in [3.63, 3.8) is 0 Å². The Balaban J connectivity index is 1.52. The molecule has 0 aromatic heterocycles. The molecule has 0 radical (unpaired) electrons. The Labute approximate surface area is 171 Å². The first-order valence-electron chi connectivity index (χ1n) is 9.03. The summed E-state index contributed by atoms with van der Waals surface area (Å²) in [7, 11) is 0. The smallest absolute Gasteiger partial charge is 0.344 e. The summed E-state index contributed by atoms with van der Waals surface area (Å²) in [6.07, 6.45) is 0.836. The molecule has 1 atom stereocenters. The normalized spacial score (nSPS) is 15.8. The van der Waals surface area contributed by atoms with Crippen LogP contribution in [-0.2, 0) is 14.3 Å². The number of benzene rings is 2. The van der Waals surface area contributed by atoms with Crippen LogP contribution in [0.2, 0.25) is 0 Å². The third kappa shape index (κ3) is 5.47. The fourth-order valence-corrected chi connectivity index (χ4v) is 3.93. The molecule has 3 rings (SSSR count). The molecule has 8 nitrogen and oxygen atoms in total. The van der Waals surface area contributed by atoms with Gasteiger partial charge < -0.3 is 14.4 Å². The molecular formula is C20H20N2O6S. The van der Waals surface area contributed by atoms with E-state index >= 15 is 0 Å². The van der Waals surface area contributed by atoms with Crippen LogP contribution in [0.4, 0.5) is 11.4 Å². The highest BCUT2D eigenvalue weighted by atomic mass is 32.2. The van der Waals surface area contributed by atoms with Gasteiger partial charge in [0.05, 0.1) is 10.6 Å². The summed E-state index contributed by atoms with van der Waals surface area (Å²) < 4.78 is 10.3. The lowest BCUT2D eigenvalue weighted by Gasteiger charge is -2.22. The van der Waals surface area contributed by atoms with Crippen molar-refractivity contribution in [1.82, 2.24) is 0 Å². The SMILES string of the molecule is C[C@@H]1CCN(C(=O)COC(=O)COc2ccc([N+](=O)[O-])cc2)c2ccccc2S1. The number of para-hydroxylation sites is 1. The summed E-state index contributed by atoms with van der Waals surface area (Å²) in [4.78, 5) is 37.3. The Bertz CT molecular complexity index is 902. The Kier molecular flexibility index (Phi) is 6.71. The first kappa shape index (κ1) is 20.7. The second kappa shape index (κ2) is 9.42. The maximum Gasteiger partial charge on any atom is 0.344 e. The first-order valence-corrected chi connectivity index (χ1v) is 9.91. The highest BCUT2D eigenvalue weighted by Gasteiger charge is 2.24. The van der Waals surface area contributed by atoms with Crippen LogP contribution in [0.3, 0.4) is 0 Å². The number of amides is 1. The van der Waals surface area contributed by atoms with E-state index in [1.165, 1.54) is 24.3 Å². The Hall–Kier alpha value is -3.07. The predicted molar refractivity (Wildman–Crippen MR) is 108 cm³/mol. The second-order valence-electron chi connectivity index (χ2n) is 6.43. The van der Waals surface area contributed by atoms with Crippen LogP contribution in [0.5, 0.6) is 5.75 Å². The van der Waals surface area contributed by atoms with Crippen LogP contribution in [0.25, 0.3) is 0 Å². The summed E-state index contributed by atoms with van der Waals surface area (Å²) in [5.74, 6) is -0.690. The van der Waals surface area contributed by atoms with Gasteiger partial charge in [0, 0.05) is 28.8 Å². The third-order valence-electron chi connectivity index (χ3n) is 4.31. The van der Waals surface area contributed by atoms with E-state index in [1.807, 2.05) is 24.3 Å². The Morgan fingerprint density at radius 3 is 2.62 bits per heavy atom. The number of rotatable bonds is 6. The van der Waals surface area contributed by atoms with E-state index in [0.29, 0.717) is 17.5 Å². The number of carbonyl (C=O) groups excluding carboxylic acids is 2. The average Bonchev–Trinajstić information content (AvgIpc) is 2.89. The lowest BCUT2D eigenvalue weighted by molar-refractivity contribution is -0.384. The van der Waals surface area contributed by atoms with Gasteiger partial charge in [0.1, 0.15) is 5.75 Å². The van der Waals surface area contributed by atoms with Crippen LogP contribution in [-0.4, -0.2) is 41.8 Å². The molecule has 0 unspecified atom stereocenters. The maximum absolute atomic E-state index is 12.6. The summed E-state index contributed by atoms with van der Waals surface area (Å²) in [5, 5.41) is 11.0. The molecule has 0 N–H and O–H groups in total. The summed E-state index contributed by atoms with van der Waals surface area (Å²) in [5.41, 5.74) is 0.751. The molecule has 0 saturated heterocycles. The molecule has 2 aromatic carbocycles. The van der Waals surface area contributed by atoms with Gasteiger partial charge in [0.25, 0.3) is 11.6 Å². The minimum absolute atomic E-state index is 0.0734. The van der Waals surface area contributed by atoms with Crippen LogP contribution >= 0.6 is 11.8 Å². The van der Waals surface area contributed by atoms with E-state index in [1.54, 1.807) is 16.7 Å². The van der Waals surface area contributed by atoms with Crippen molar-refractivity contribution in [3.05, 3.63) is 58.6 Å². The highest BCUT2D eigenvalue weighted by molar-refractivity contribution is 8.00. The van der Waals surface area contributed by atoms with Gasteiger partial charge in [-0.15, -0.1) is 11.8 Å². The fourth-order valence-electron chi connectivity index (χ4n) is 2.81. The van der Waals surface area contributed by atoms with Gasteiger partial charge in [-0.2, -0.15) is 0 Å². The lowest BCUT2D eigenvalue weighted by atomic mass is 10.2. The second-order valence-corrected chi connectivity index (χ2v) is 7.91. The van der Waals surface area contributed by atoms with Gasteiger partial charge in [-0.1, -0.05) is 19.1 Å². The van der Waals surface area contributed by atoms with Crippen LogP contribution in [0, 0.1) is 10.1 Å². The number of nitro benzene ring substituents is 1. The fraction of sp³-hybridized carbons (Fsp3) is 0.300. The molecule has 9 heteroatoms. The molecule has 0 fully saturated rings. The van der Waals surface area contributed by atoms with Crippen molar-refractivity contribution in [2.24, 2.45) is 0 Å². The summed E-state index contributed by atoms with van der Waals surface area (Å²) >= 11 is 1.72. The number of hydrogen-bond donors (Lipinski definition) is 0. The van der Waals surface area contributed by atoms with Crippen molar-refractivity contribution in [3.8, 4) is 5.75 Å². The van der Waals surface area contributed by atoms with Crippen molar-refractivity contribution in [1.29, 1.82) is 0 Å². The van der Waals surface area contributed by atoms with Gasteiger partial charge in [-0.25, -0.2) is 4.79 Å². The zero-order valence-corrected chi connectivity index (χ0v) is 16.6. The average molecular weight is 416 g/mol. The number of nitro groups is 1. The van der Waals surface area contributed by atoms with E-state index in [9.17, 15) is 19.7 Å². The molecule has 1 aliphatic rings. The number of fused-ring (bicyclic) bond motifs is 1. The molecule has 0 spiro atoms. The zero-order valence-electron chi connectivity index (χ0n) is 15.8. The van der Waals surface area contributed by atoms with E-state index in [2.05, 4.69) is 6.92 Å². The third-order valence-corrected chi connectivity index (χ3v) is 5.54. The van der Waals surface area contributed by atoms with Gasteiger partial charge >= 0.3 is 5.97 Å². The molecule has 1 aliphatic heterocycles. The molecule has 0 aliphatic carbocycles. The van der Waals surface area contributed by atoms with Crippen LogP contribution < -0.4 is 9.64 Å². The van der Waals surface area contributed by atoms with E-state index in [-0.39, 0.29) is 18.2 Å². The van der Waals surface area contributed by atoms with Gasteiger partial charge in [-0.05, 0) is 30.7 Å². The molecule has 29 heavy (non-hydrogen) atoms. The Morgan fingerprint density at radius 2 is 1.90 bits per heavy atom. The van der Waals surface area contributed by atoms with Crippen molar-refractivity contribution in [2.45, 2.75) is 23.5 Å². The molecule has 2 aromatic rings. The number of hydrogen-bond acceptors (Lipinski definition) is 7. The maximum atomic E-state index is 12.6. The number of thioether (sulfide) groups is 1. The van der Waals surface area contributed by atoms with Gasteiger partial charge in [0.15, 0.2) is 13.2 Å². The van der Waals surface area contributed by atoms with Crippen molar-refractivity contribution < 1.29 is 24.0 Å². The molecule has 152 valence electrons. The Morgan fingerprint density at radius 1 is 1.17 bits per heavy atom. The standard InChI is InChI=1S/C20H20N2O6S/c1-14-10-11-21(17-4-2-3-5-18(17)29-14)19(23)12-28-20(24)13-27-16-8-6-15(7-9-16)22(25)26/h2-9,14H,10-13H2,1H3/t14-/m1/s1. The minimum Gasteiger partial charge on any atom is -0.482 e. The quantitative estimate of drug-likeness (QED) is 0.404. The molecule has 1 amide bonds. The van der Waals surface area contributed by atoms with E-state index in [4.69, 9.17) is 9.47 Å². The molecule has 0 bridgehead atoms. The monoisotopic (exact) mass is 416 g/mol. The number of anilines is 1. The zero-order chi connectivity index (χ0) is 20.8. The van der Waals surface area contributed by atoms with Gasteiger partial charge in [0.2, 0.25) is 0 Å². The van der Waals surface area contributed by atoms with Crippen LogP contribution in [0.15, 0.2) is 53.4 Å². The van der Waals surface area contributed by atoms with Crippen molar-refractivity contribution >= 4 is 35.0 Å².